The summed E-state index contributed by atoms with van der Waals surface area (Å²) in [6, 6.07) is 2.29. The fourth-order valence-corrected chi connectivity index (χ4v) is 3.53. The summed E-state index contributed by atoms with van der Waals surface area (Å²) in [6.07, 6.45) is 0.955. The number of amidine groups is 1. The van der Waals surface area contributed by atoms with Crippen molar-refractivity contribution in [2.75, 3.05) is 5.32 Å². The first-order chi connectivity index (χ1) is 9.80. The molecule has 0 unspecified atom stereocenters. The lowest BCUT2D eigenvalue weighted by Crippen LogP contribution is -2.54. The van der Waals surface area contributed by atoms with Crippen LogP contribution in [0.1, 0.15) is 19.8 Å². The minimum atomic E-state index is -1.05. The van der Waals surface area contributed by atoms with Crippen molar-refractivity contribution in [1.29, 1.82) is 0 Å². The lowest BCUT2D eigenvalue weighted by molar-refractivity contribution is -0.127. The van der Waals surface area contributed by atoms with E-state index in [0.717, 1.165) is 6.07 Å². The molecule has 1 fully saturated rings. The van der Waals surface area contributed by atoms with E-state index in [1.165, 1.54) is 6.07 Å². The highest BCUT2D eigenvalue weighted by atomic mass is 79.9. The topological polar surface area (TPSA) is 87.7 Å². The van der Waals surface area contributed by atoms with Gasteiger partial charge in [-0.25, -0.2) is 4.39 Å². The third-order valence-corrected chi connectivity index (χ3v) is 4.60. The van der Waals surface area contributed by atoms with E-state index in [2.05, 4.69) is 26.4 Å². The summed E-state index contributed by atoms with van der Waals surface area (Å²) < 4.78 is 13.5. The second-order valence-electron chi connectivity index (χ2n) is 5.28. The highest BCUT2D eigenvalue weighted by molar-refractivity contribution is 9.10. The number of hydrogen-bond donors (Lipinski definition) is 3. The van der Waals surface area contributed by atoms with Gasteiger partial charge in [0.1, 0.15) is 11.2 Å². The molecule has 0 saturated heterocycles. The summed E-state index contributed by atoms with van der Waals surface area (Å²) >= 11 is 9.09. The van der Waals surface area contributed by atoms with Gasteiger partial charge >= 0.3 is 0 Å². The van der Waals surface area contributed by atoms with Gasteiger partial charge in [-0.15, -0.1) is 0 Å². The van der Waals surface area contributed by atoms with Gasteiger partial charge in [0.05, 0.1) is 10.7 Å². The van der Waals surface area contributed by atoms with Crippen LogP contribution in [0.3, 0.4) is 0 Å². The molecule has 4 N–H and O–H groups in total. The Labute approximate surface area is 134 Å². The van der Waals surface area contributed by atoms with Gasteiger partial charge < -0.3 is 16.3 Å². The van der Waals surface area contributed by atoms with Crippen LogP contribution in [0.5, 0.6) is 0 Å². The van der Waals surface area contributed by atoms with Gasteiger partial charge in [0.25, 0.3) is 0 Å². The van der Waals surface area contributed by atoms with E-state index in [4.69, 9.17) is 22.5 Å². The molecule has 0 heterocycles. The molecular formula is C13H14BrClFN3O2. The maximum atomic E-state index is 13.2. The largest absolute Gasteiger partial charge is 0.409 e. The molecule has 0 aliphatic heterocycles. The highest BCUT2D eigenvalue weighted by Gasteiger charge is 2.52. The fraction of sp³-hybridized carbons (Fsp3) is 0.385. The van der Waals surface area contributed by atoms with Gasteiger partial charge in [-0.05, 0) is 46.8 Å². The quantitative estimate of drug-likeness (QED) is 0.326. The Morgan fingerprint density at radius 2 is 2.24 bits per heavy atom. The van der Waals surface area contributed by atoms with E-state index in [-0.39, 0.29) is 16.5 Å². The lowest BCUT2D eigenvalue weighted by Gasteiger charge is -2.43. The van der Waals surface area contributed by atoms with Gasteiger partial charge in [0.2, 0.25) is 5.91 Å². The highest BCUT2D eigenvalue weighted by Crippen LogP contribution is 2.47. The van der Waals surface area contributed by atoms with Crippen molar-refractivity contribution in [2.45, 2.75) is 19.8 Å². The molecule has 8 heteroatoms. The van der Waals surface area contributed by atoms with Gasteiger partial charge in [0.15, 0.2) is 5.84 Å². The van der Waals surface area contributed by atoms with Crippen molar-refractivity contribution in [1.82, 2.24) is 0 Å². The maximum absolute atomic E-state index is 13.2. The molecule has 1 saturated carbocycles. The number of nitrogens with zero attached hydrogens (tertiary/aromatic N) is 1. The smallest absolute Gasteiger partial charge is 0.238 e. The number of anilines is 1. The van der Waals surface area contributed by atoms with Crippen molar-refractivity contribution in [3.05, 3.63) is 27.4 Å². The molecule has 2 rings (SSSR count). The normalized spacial score (nSPS) is 25.3. The van der Waals surface area contributed by atoms with E-state index in [1.54, 1.807) is 0 Å². The fourth-order valence-electron chi connectivity index (χ4n) is 2.63. The van der Waals surface area contributed by atoms with E-state index >= 15 is 0 Å². The molecule has 1 aliphatic rings. The number of benzene rings is 1. The number of oxime groups is 1. The summed E-state index contributed by atoms with van der Waals surface area (Å²) in [6.45, 7) is 1.97. The molecule has 1 amide bonds. The van der Waals surface area contributed by atoms with Gasteiger partial charge in [0, 0.05) is 4.47 Å². The summed E-state index contributed by atoms with van der Waals surface area (Å²) in [5, 5.41) is 14.5. The summed E-state index contributed by atoms with van der Waals surface area (Å²) in [5.41, 5.74) is 4.87. The molecule has 0 spiro atoms. The third-order valence-electron chi connectivity index (χ3n) is 3.67. The summed E-state index contributed by atoms with van der Waals surface area (Å²) in [4.78, 5) is 12.5. The molecule has 0 atom stereocenters. The van der Waals surface area contributed by atoms with Crippen LogP contribution in [0.25, 0.3) is 0 Å². The molecule has 1 aromatic rings. The van der Waals surface area contributed by atoms with Gasteiger partial charge in [-0.3, -0.25) is 4.79 Å². The Morgan fingerprint density at radius 1 is 1.62 bits per heavy atom. The van der Waals surface area contributed by atoms with E-state index in [1.807, 2.05) is 6.92 Å². The Hall–Kier alpha value is -1.34. The lowest BCUT2D eigenvalue weighted by atomic mass is 9.61. The molecule has 1 aliphatic carbocycles. The van der Waals surface area contributed by atoms with Crippen molar-refractivity contribution < 1.29 is 14.4 Å². The molecule has 1 aromatic carbocycles. The third kappa shape index (κ3) is 2.85. The Kier molecular flexibility index (Phi) is 4.43. The van der Waals surface area contributed by atoms with Crippen LogP contribution in [-0.2, 0) is 4.79 Å². The van der Waals surface area contributed by atoms with E-state index in [9.17, 15) is 9.18 Å². The molecule has 114 valence electrons. The molecular weight excluding hydrogens is 365 g/mol. The van der Waals surface area contributed by atoms with Crippen LogP contribution >= 0.6 is 27.5 Å². The second-order valence-corrected chi connectivity index (χ2v) is 6.54. The predicted octanol–water partition coefficient (Wildman–Crippen LogP) is 3.34. The zero-order valence-corrected chi connectivity index (χ0v) is 13.5. The zero-order valence-electron chi connectivity index (χ0n) is 11.2. The van der Waals surface area contributed by atoms with Crippen molar-refractivity contribution in [3.8, 4) is 0 Å². The van der Waals surface area contributed by atoms with E-state index in [0.29, 0.717) is 23.2 Å². The minimum absolute atomic E-state index is 0.0669. The number of rotatable bonds is 3. The summed E-state index contributed by atoms with van der Waals surface area (Å²) in [7, 11) is 0. The minimum Gasteiger partial charge on any atom is -0.409 e. The summed E-state index contributed by atoms with van der Waals surface area (Å²) in [5.74, 6) is -0.783. The van der Waals surface area contributed by atoms with Crippen LogP contribution in [0.15, 0.2) is 21.8 Å². The number of halogens is 3. The maximum Gasteiger partial charge on any atom is 0.238 e. The molecule has 5 nitrogen and oxygen atoms in total. The van der Waals surface area contributed by atoms with Gasteiger partial charge in [-0.1, -0.05) is 23.7 Å². The first kappa shape index (κ1) is 16.0. The Bertz CT molecular complexity index is 594. The van der Waals surface area contributed by atoms with Crippen molar-refractivity contribution in [2.24, 2.45) is 22.2 Å². The van der Waals surface area contributed by atoms with Crippen LogP contribution < -0.4 is 11.1 Å². The first-order valence-corrected chi connectivity index (χ1v) is 7.41. The average molecular weight is 379 g/mol. The number of amides is 1. The SMILES string of the molecule is CC1CC(C(=O)Nc2c(Cl)cc(F)cc2Br)(C(N)=NO)C1. The second kappa shape index (κ2) is 5.81. The predicted molar refractivity (Wildman–Crippen MR) is 82.0 cm³/mol. The average Bonchev–Trinajstić information content (AvgIpc) is 2.37. The van der Waals surface area contributed by atoms with Gasteiger partial charge in [-0.2, -0.15) is 0 Å². The Balaban J connectivity index is 2.29. The molecule has 0 aromatic heterocycles. The van der Waals surface area contributed by atoms with E-state index < -0.39 is 17.1 Å². The van der Waals surface area contributed by atoms with Crippen molar-refractivity contribution in [3.63, 3.8) is 0 Å². The number of hydrogen-bond acceptors (Lipinski definition) is 3. The molecule has 21 heavy (non-hydrogen) atoms. The first-order valence-electron chi connectivity index (χ1n) is 6.24. The molecule has 0 radical (unpaired) electrons. The van der Waals surface area contributed by atoms with Crippen molar-refractivity contribution >= 4 is 45.0 Å². The van der Waals surface area contributed by atoms with Crippen LogP contribution in [0.2, 0.25) is 5.02 Å². The number of carbonyl (C=O) groups is 1. The van der Waals surface area contributed by atoms with Crippen LogP contribution in [0, 0.1) is 17.2 Å². The number of nitrogens with two attached hydrogens (primary N) is 1. The van der Waals surface area contributed by atoms with Crippen LogP contribution in [-0.4, -0.2) is 17.0 Å². The number of carbonyl (C=O) groups excluding carboxylic acids is 1. The standard InChI is InChI=1S/C13H14BrClFN3O2/c1-6-4-13(5-6,11(17)19-21)12(20)18-10-8(14)2-7(16)3-9(10)15/h2-3,6,21H,4-5H2,1H3,(H2,17,19)(H,18,20). The zero-order chi connectivity index (χ0) is 15.8. The molecule has 0 bridgehead atoms. The number of nitrogens with one attached hydrogen (secondary N) is 1. The van der Waals surface area contributed by atoms with Crippen LogP contribution in [0.4, 0.5) is 10.1 Å². The monoisotopic (exact) mass is 377 g/mol. The Morgan fingerprint density at radius 3 is 2.71 bits per heavy atom.